The molecule has 9 heteroatoms. The average Bonchev–Trinajstić information content (AvgIpc) is 3.40. The third kappa shape index (κ3) is 3.15. The highest BCUT2D eigenvalue weighted by molar-refractivity contribution is 7.89. The van der Waals surface area contributed by atoms with Crippen LogP contribution in [-0.4, -0.2) is 38.5 Å². The lowest BCUT2D eigenvalue weighted by Gasteiger charge is -2.12. The highest BCUT2D eigenvalue weighted by Gasteiger charge is 2.30. The maximum Gasteiger partial charge on any atom is 0.287 e. The SMILES string of the molecule is O=C(NCc1ccc2c(c1)OCO2)c1ccc(S(=O)(=O)N2CCCC2)o1. The molecule has 26 heavy (non-hydrogen) atoms. The molecule has 4 rings (SSSR count). The Morgan fingerprint density at radius 1 is 1.08 bits per heavy atom. The van der Waals surface area contributed by atoms with Crippen LogP contribution in [0.15, 0.2) is 39.8 Å². The van der Waals surface area contributed by atoms with Gasteiger partial charge < -0.3 is 19.2 Å². The summed E-state index contributed by atoms with van der Waals surface area (Å²) in [6.07, 6.45) is 1.67. The fourth-order valence-corrected chi connectivity index (χ4v) is 4.39. The Bertz CT molecular complexity index is 930. The number of benzene rings is 1. The molecule has 1 aromatic heterocycles. The van der Waals surface area contributed by atoms with Gasteiger partial charge in [0.2, 0.25) is 11.9 Å². The van der Waals surface area contributed by atoms with Crippen molar-refractivity contribution in [3.8, 4) is 11.5 Å². The Labute approximate surface area is 150 Å². The van der Waals surface area contributed by atoms with Crippen molar-refractivity contribution in [1.82, 2.24) is 9.62 Å². The lowest BCUT2D eigenvalue weighted by molar-refractivity contribution is 0.0917. The molecule has 3 heterocycles. The molecule has 0 unspecified atom stereocenters. The molecule has 0 aliphatic carbocycles. The minimum absolute atomic E-state index is 0.0384. The molecule has 1 N–H and O–H groups in total. The first-order valence-electron chi connectivity index (χ1n) is 8.31. The fraction of sp³-hybridized carbons (Fsp3) is 0.353. The lowest BCUT2D eigenvalue weighted by atomic mass is 10.2. The van der Waals surface area contributed by atoms with Crippen LogP contribution in [0.3, 0.4) is 0 Å². The molecule has 2 aromatic rings. The van der Waals surface area contributed by atoms with E-state index in [0.29, 0.717) is 24.6 Å². The molecule has 2 aliphatic rings. The Hall–Kier alpha value is -2.52. The third-order valence-electron chi connectivity index (χ3n) is 4.35. The van der Waals surface area contributed by atoms with Gasteiger partial charge in [-0.3, -0.25) is 4.79 Å². The number of hydrogen-bond donors (Lipinski definition) is 1. The van der Waals surface area contributed by atoms with E-state index >= 15 is 0 Å². The molecule has 0 spiro atoms. The number of nitrogens with zero attached hydrogens (tertiary/aromatic N) is 1. The first-order chi connectivity index (χ1) is 12.5. The molecule has 0 bridgehead atoms. The average molecular weight is 378 g/mol. The minimum Gasteiger partial charge on any atom is -0.454 e. The summed E-state index contributed by atoms with van der Waals surface area (Å²) in [5.74, 6) is 0.783. The lowest BCUT2D eigenvalue weighted by Crippen LogP contribution is -2.27. The molecule has 0 radical (unpaired) electrons. The smallest absolute Gasteiger partial charge is 0.287 e. The summed E-state index contributed by atoms with van der Waals surface area (Å²) < 4.78 is 42.1. The van der Waals surface area contributed by atoms with Crippen molar-refractivity contribution in [2.75, 3.05) is 19.9 Å². The maximum absolute atomic E-state index is 12.4. The van der Waals surface area contributed by atoms with Gasteiger partial charge in [0.1, 0.15) is 0 Å². The van der Waals surface area contributed by atoms with Crippen molar-refractivity contribution in [3.05, 3.63) is 41.7 Å². The number of sulfonamides is 1. The molecule has 1 saturated heterocycles. The highest BCUT2D eigenvalue weighted by atomic mass is 32.2. The number of nitrogens with one attached hydrogen (secondary N) is 1. The fourth-order valence-electron chi connectivity index (χ4n) is 2.96. The van der Waals surface area contributed by atoms with Crippen LogP contribution >= 0.6 is 0 Å². The van der Waals surface area contributed by atoms with Gasteiger partial charge in [-0.15, -0.1) is 0 Å². The molecule has 0 saturated carbocycles. The molecule has 0 atom stereocenters. The van der Waals surface area contributed by atoms with Crippen LogP contribution < -0.4 is 14.8 Å². The van der Waals surface area contributed by atoms with Crippen molar-refractivity contribution < 1.29 is 27.1 Å². The first kappa shape index (κ1) is 16.9. The largest absolute Gasteiger partial charge is 0.454 e. The number of rotatable bonds is 5. The van der Waals surface area contributed by atoms with E-state index < -0.39 is 15.9 Å². The Morgan fingerprint density at radius 3 is 2.65 bits per heavy atom. The van der Waals surface area contributed by atoms with Gasteiger partial charge in [-0.1, -0.05) is 6.07 Å². The minimum atomic E-state index is -3.67. The molecular formula is C17H18N2O6S. The van der Waals surface area contributed by atoms with Crippen molar-refractivity contribution >= 4 is 15.9 Å². The Morgan fingerprint density at radius 2 is 1.85 bits per heavy atom. The van der Waals surface area contributed by atoms with E-state index in [1.807, 2.05) is 6.07 Å². The molecule has 138 valence electrons. The van der Waals surface area contributed by atoms with Gasteiger partial charge in [-0.25, -0.2) is 8.42 Å². The topological polar surface area (TPSA) is 98.1 Å². The van der Waals surface area contributed by atoms with E-state index in [9.17, 15) is 13.2 Å². The van der Waals surface area contributed by atoms with Gasteiger partial charge in [0.25, 0.3) is 15.9 Å². The monoisotopic (exact) mass is 378 g/mol. The van der Waals surface area contributed by atoms with E-state index in [-0.39, 0.29) is 24.2 Å². The van der Waals surface area contributed by atoms with Gasteiger partial charge in [0.05, 0.1) is 0 Å². The van der Waals surface area contributed by atoms with E-state index in [4.69, 9.17) is 13.9 Å². The number of ether oxygens (including phenoxy) is 2. The molecule has 1 aromatic carbocycles. The summed E-state index contributed by atoms with van der Waals surface area (Å²) in [4.78, 5) is 12.2. The van der Waals surface area contributed by atoms with Crippen LogP contribution in [-0.2, 0) is 16.6 Å². The molecule has 8 nitrogen and oxygen atoms in total. The number of hydrogen-bond acceptors (Lipinski definition) is 6. The van der Waals surface area contributed by atoms with Gasteiger partial charge >= 0.3 is 0 Å². The number of furan rings is 1. The molecule has 1 fully saturated rings. The summed E-state index contributed by atoms with van der Waals surface area (Å²) in [6.45, 7) is 1.40. The third-order valence-corrected chi connectivity index (χ3v) is 6.13. The molecular weight excluding hydrogens is 360 g/mol. The summed E-state index contributed by atoms with van der Waals surface area (Å²) in [5, 5.41) is 2.50. The van der Waals surface area contributed by atoms with Crippen LogP contribution in [0.25, 0.3) is 0 Å². The zero-order valence-electron chi connectivity index (χ0n) is 13.9. The summed E-state index contributed by atoms with van der Waals surface area (Å²) >= 11 is 0. The quantitative estimate of drug-likeness (QED) is 0.851. The standard InChI is InChI=1S/C17H18N2O6S/c20-17(18-10-12-3-4-13-15(9-12)24-11-23-13)14-5-6-16(25-14)26(21,22)19-7-1-2-8-19/h3-6,9H,1-2,7-8,10-11H2,(H,18,20). The van der Waals surface area contributed by atoms with Gasteiger partial charge in [0, 0.05) is 19.6 Å². The van der Waals surface area contributed by atoms with Gasteiger partial charge in [-0.05, 0) is 42.7 Å². The second-order valence-electron chi connectivity index (χ2n) is 6.10. The summed E-state index contributed by atoms with van der Waals surface area (Å²) in [6, 6.07) is 8.08. The van der Waals surface area contributed by atoms with Gasteiger partial charge in [-0.2, -0.15) is 4.31 Å². The normalized spacial score (nSPS) is 16.8. The van der Waals surface area contributed by atoms with E-state index in [0.717, 1.165) is 18.4 Å². The predicted molar refractivity (Wildman–Crippen MR) is 90.4 cm³/mol. The Balaban J connectivity index is 1.42. The number of fused-ring (bicyclic) bond motifs is 1. The van der Waals surface area contributed by atoms with Crippen LogP contribution in [0.5, 0.6) is 11.5 Å². The predicted octanol–water partition coefficient (Wildman–Crippen LogP) is 1.72. The molecule has 1 amide bonds. The Kier molecular flexibility index (Phi) is 4.33. The van der Waals surface area contributed by atoms with Crippen LogP contribution in [0, 0.1) is 0 Å². The van der Waals surface area contributed by atoms with E-state index in [1.165, 1.54) is 16.4 Å². The van der Waals surface area contributed by atoms with E-state index in [1.54, 1.807) is 12.1 Å². The van der Waals surface area contributed by atoms with Crippen molar-refractivity contribution in [1.29, 1.82) is 0 Å². The second-order valence-corrected chi connectivity index (χ2v) is 7.97. The van der Waals surface area contributed by atoms with Gasteiger partial charge in [0.15, 0.2) is 17.3 Å². The summed E-state index contributed by atoms with van der Waals surface area (Å²) in [5.41, 5.74) is 0.832. The van der Waals surface area contributed by atoms with Crippen molar-refractivity contribution in [2.24, 2.45) is 0 Å². The zero-order valence-corrected chi connectivity index (χ0v) is 14.8. The molecule has 2 aliphatic heterocycles. The maximum atomic E-state index is 12.4. The number of carbonyl (C=O) groups is 1. The van der Waals surface area contributed by atoms with Crippen molar-refractivity contribution in [2.45, 2.75) is 24.5 Å². The zero-order chi connectivity index (χ0) is 18.1. The van der Waals surface area contributed by atoms with E-state index in [2.05, 4.69) is 5.32 Å². The van der Waals surface area contributed by atoms with Crippen molar-refractivity contribution in [3.63, 3.8) is 0 Å². The highest BCUT2D eigenvalue weighted by Crippen LogP contribution is 2.32. The number of amides is 1. The second kappa shape index (κ2) is 6.65. The number of carbonyl (C=O) groups excluding carboxylic acids is 1. The first-order valence-corrected chi connectivity index (χ1v) is 9.75. The van der Waals surface area contributed by atoms with Crippen LogP contribution in [0.2, 0.25) is 0 Å². The van der Waals surface area contributed by atoms with Crippen LogP contribution in [0.4, 0.5) is 0 Å². The van der Waals surface area contributed by atoms with Crippen LogP contribution in [0.1, 0.15) is 29.0 Å². The summed E-state index contributed by atoms with van der Waals surface area (Å²) in [7, 11) is -3.67.